The van der Waals surface area contributed by atoms with Crippen LogP contribution in [0.2, 0.25) is 0 Å². The molecule has 4 N–H and O–H groups in total. The monoisotopic (exact) mass is 273 g/mol. The summed E-state index contributed by atoms with van der Waals surface area (Å²) >= 11 is 0. The molecule has 0 saturated heterocycles. The van der Waals surface area contributed by atoms with Crippen molar-refractivity contribution < 1.29 is 4.79 Å². The summed E-state index contributed by atoms with van der Waals surface area (Å²) in [5, 5.41) is 4.05. The fourth-order valence-corrected chi connectivity index (χ4v) is 2.40. The van der Waals surface area contributed by atoms with Gasteiger partial charge in [0.2, 0.25) is 5.91 Å². The van der Waals surface area contributed by atoms with Crippen LogP contribution in [0.5, 0.6) is 0 Å². The Balaban J connectivity index is 2.09. The highest BCUT2D eigenvalue weighted by Gasteiger charge is 2.23. The first kappa shape index (κ1) is 14.6. The Hall–Kier alpha value is -1.81. The molecule has 0 saturated carbocycles. The summed E-state index contributed by atoms with van der Waals surface area (Å²) in [4.78, 5) is 15.4. The second kappa shape index (κ2) is 5.67. The van der Waals surface area contributed by atoms with Gasteiger partial charge in [-0.1, -0.05) is 20.8 Å². The predicted octanol–water partition coefficient (Wildman–Crippen LogP) is 3.12. The Morgan fingerprint density at radius 1 is 1.35 bits per heavy atom. The molecular formula is C16H23N3O. The van der Waals surface area contributed by atoms with Crippen LogP contribution in [0.25, 0.3) is 10.9 Å². The van der Waals surface area contributed by atoms with Crippen LogP contribution in [0.1, 0.15) is 27.2 Å². The normalized spacial score (nSPS) is 13.4. The van der Waals surface area contributed by atoms with Crippen LogP contribution in [0.4, 0.5) is 5.69 Å². The van der Waals surface area contributed by atoms with Gasteiger partial charge in [-0.2, -0.15) is 0 Å². The molecule has 1 amide bonds. The minimum atomic E-state index is -0.156. The highest BCUT2D eigenvalue weighted by Crippen LogP contribution is 2.25. The van der Waals surface area contributed by atoms with Gasteiger partial charge in [0.15, 0.2) is 0 Å². The van der Waals surface area contributed by atoms with E-state index in [0.717, 1.165) is 23.0 Å². The number of rotatable bonds is 4. The lowest BCUT2D eigenvalue weighted by atomic mass is 9.84. The first-order valence-corrected chi connectivity index (χ1v) is 6.97. The van der Waals surface area contributed by atoms with E-state index >= 15 is 0 Å². The van der Waals surface area contributed by atoms with Crippen molar-refractivity contribution in [3.8, 4) is 0 Å². The zero-order chi connectivity index (χ0) is 14.8. The van der Waals surface area contributed by atoms with Gasteiger partial charge >= 0.3 is 0 Å². The number of hydrogen-bond donors (Lipinski definition) is 3. The summed E-state index contributed by atoms with van der Waals surface area (Å²) in [6.07, 6.45) is 2.67. The number of aromatic nitrogens is 1. The van der Waals surface area contributed by atoms with Gasteiger partial charge < -0.3 is 16.0 Å². The van der Waals surface area contributed by atoms with Crippen molar-refractivity contribution >= 4 is 22.5 Å². The van der Waals surface area contributed by atoms with E-state index in [4.69, 9.17) is 5.73 Å². The largest absolute Gasteiger partial charge is 0.361 e. The van der Waals surface area contributed by atoms with Crippen LogP contribution in [0.15, 0.2) is 30.5 Å². The molecule has 1 atom stereocenters. The van der Waals surface area contributed by atoms with Crippen molar-refractivity contribution in [3.05, 3.63) is 30.5 Å². The summed E-state index contributed by atoms with van der Waals surface area (Å²) in [5.74, 6) is -0.158. The lowest BCUT2D eigenvalue weighted by Crippen LogP contribution is -2.32. The van der Waals surface area contributed by atoms with Crippen molar-refractivity contribution in [1.29, 1.82) is 0 Å². The molecule has 0 spiro atoms. The molecule has 0 aliphatic heterocycles. The minimum absolute atomic E-state index is 0.00249. The third kappa shape index (κ3) is 3.61. The molecule has 2 aromatic rings. The smallest absolute Gasteiger partial charge is 0.228 e. The zero-order valence-electron chi connectivity index (χ0n) is 12.4. The SMILES string of the molecule is CC(C)(C)CC(CN)C(=O)Nc1ccc2[nH]ccc2c1. The van der Waals surface area contributed by atoms with Crippen molar-refractivity contribution in [2.24, 2.45) is 17.1 Å². The van der Waals surface area contributed by atoms with Crippen LogP contribution in [-0.4, -0.2) is 17.4 Å². The van der Waals surface area contributed by atoms with Gasteiger partial charge in [0.05, 0.1) is 5.92 Å². The van der Waals surface area contributed by atoms with Gasteiger partial charge in [0, 0.05) is 29.3 Å². The van der Waals surface area contributed by atoms with Gasteiger partial charge in [-0.25, -0.2) is 0 Å². The lowest BCUT2D eigenvalue weighted by molar-refractivity contribution is -0.120. The standard InChI is InChI=1S/C16H23N3O/c1-16(2,3)9-12(10-17)15(20)19-13-4-5-14-11(8-13)6-7-18-14/h4-8,12,18H,9-10,17H2,1-3H3,(H,19,20). The summed E-state index contributed by atoms with van der Waals surface area (Å²) < 4.78 is 0. The predicted molar refractivity (Wildman–Crippen MR) is 83.5 cm³/mol. The number of aromatic amines is 1. The molecule has 108 valence electrons. The van der Waals surface area contributed by atoms with Crippen LogP contribution >= 0.6 is 0 Å². The molecule has 0 aliphatic rings. The Kier molecular flexibility index (Phi) is 4.14. The van der Waals surface area contributed by atoms with Crippen LogP contribution in [-0.2, 0) is 4.79 Å². The van der Waals surface area contributed by atoms with Gasteiger partial charge in [-0.15, -0.1) is 0 Å². The van der Waals surface area contributed by atoms with E-state index in [2.05, 4.69) is 31.1 Å². The molecule has 4 heteroatoms. The van der Waals surface area contributed by atoms with Crippen molar-refractivity contribution in [1.82, 2.24) is 4.98 Å². The average Bonchev–Trinajstić information content (AvgIpc) is 2.82. The first-order chi connectivity index (χ1) is 9.39. The molecular weight excluding hydrogens is 250 g/mol. The molecule has 1 aromatic heterocycles. The number of benzene rings is 1. The fourth-order valence-electron chi connectivity index (χ4n) is 2.40. The van der Waals surface area contributed by atoms with E-state index in [1.165, 1.54) is 0 Å². The summed E-state index contributed by atoms with van der Waals surface area (Å²) in [5.41, 5.74) is 7.71. The summed E-state index contributed by atoms with van der Waals surface area (Å²) in [6.45, 7) is 6.73. The molecule has 1 heterocycles. The number of H-pyrrole nitrogens is 1. The molecule has 20 heavy (non-hydrogen) atoms. The van der Waals surface area contributed by atoms with Gasteiger partial charge in [-0.3, -0.25) is 4.79 Å². The molecule has 4 nitrogen and oxygen atoms in total. The Labute approximate surface area is 119 Å². The van der Waals surface area contributed by atoms with E-state index in [1.54, 1.807) is 0 Å². The third-order valence-electron chi connectivity index (χ3n) is 3.33. The Morgan fingerprint density at radius 2 is 2.10 bits per heavy atom. The second-order valence-corrected chi connectivity index (χ2v) is 6.47. The number of amides is 1. The lowest BCUT2D eigenvalue weighted by Gasteiger charge is -2.24. The highest BCUT2D eigenvalue weighted by atomic mass is 16.1. The maximum Gasteiger partial charge on any atom is 0.228 e. The number of nitrogens with two attached hydrogens (primary N) is 1. The average molecular weight is 273 g/mol. The van der Waals surface area contributed by atoms with Crippen molar-refractivity contribution in [2.75, 3.05) is 11.9 Å². The number of fused-ring (bicyclic) bond motifs is 1. The Bertz CT molecular complexity index is 595. The molecule has 0 fully saturated rings. The zero-order valence-corrected chi connectivity index (χ0v) is 12.4. The molecule has 0 radical (unpaired) electrons. The third-order valence-corrected chi connectivity index (χ3v) is 3.33. The molecule has 1 aromatic carbocycles. The number of carbonyl (C=O) groups is 1. The molecule has 0 bridgehead atoms. The topological polar surface area (TPSA) is 70.9 Å². The molecule has 1 unspecified atom stereocenters. The Morgan fingerprint density at radius 3 is 2.75 bits per heavy atom. The second-order valence-electron chi connectivity index (χ2n) is 6.47. The number of anilines is 1. The quantitative estimate of drug-likeness (QED) is 0.801. The summed E-state index contributed by atoms with van der Waals surface area (Å²) in [6, 6.07) is 7.82. The number of nitrogens with one attached hydrogen (secondary N) is 2. The van der Waals surface area contributed by atoms with Gasteiger partial charge in [0.1, 0.15) is 0 Å². The van der Waals surface area contributed by atoms with Crippen LogP contribution in [0.3, 0.4) is 0 Å². The van der Waals surface area contributed by atoms with E-state index in [9.17, 15) is 4.79 Å². The highest BCUT2D eigenvalue weighted by molar-refractivity contribution is 5.95. The maximum atomic E-state index is 12.3. The van der Waals surface area contributed by atoms with Crippen LogP contribution in [0, 0.1) is 11.3 Å². The van der Waals surface area contributed by atoms with Crippen molar-refractivity contribution in [2.45, 2.75) is 27.2 Å². The number of hydrogen-bond acceptors (Lipinski definition) is 2. The number of carbonyl (C=O) groups excluding carboxylic acids is 1. The van der Waals surface area contributed by atoms with Crippen LogP contribution < -0.4 is 11.1 Å². The van der Waals surface area contributed by atoms with Gasteiger partial charge in [0.25, 0.3) is 0 Å². The molecule has 0 aliphatic carbocycles. The molecule has 2 rings (SSSR count). The van der Waals surface area contributed by atoms with Crippen molar-refractivity contribution in [3.63, 3.8) is 0 Å². The van der Waals surface area contributed by atoms with E-state index < -0.39 is 0 Å². The summed E-state index contributed by atoms with van der Waals surface area (Å²) in [7, 11) is 0. The van der Waals surface area contributed by atoms with E-state index in [-0.39, 0.29) is 17.2 Å². The maximum absolute atomic E-state index is 12.3. The first-order valence-electron chi connectivity index (χ1n) is 6.97. The fraction of sp³-hybridized carbons (Fsp3) is 0.438. The van der Waals surface area contributed by atoms with Gasteiger partial charge in [-0.05, 0) is 36.1 Å². The van der Waals surface area contributed by atoms with E-state index in [1.807, 2.05) is 30.5 Å². The minimum Gasteiger partial charge on any atom is -0.361 e. The van der Waals surface area contributed by atoms with E-state index in [0.29, 0.717) is 6.54 Å².